The van der Waals surface area contributed by atoms with Gasteiger partial charge in [-0.05, 0) is 37.3 Å². The van der Waals surface area contributed by atoms with E-state index < -0.39 is 5.97 Å². The van der Waals surface area contributed by atoms with Crippen molar-refractivity contribution in [2.75, 3.05) is 12.9 Å². The van der Waals surface area contributed by atoms with E-state index in [0.29, 0.717) is 5.16 Å². The summed E-state index contributed by atoms with van der Waals surface area (Å²) in [7, 11) is 1.62. The Morgan fingerprint density at radius 2 is 2.00 bits per heavy atom. The third-order valence-corrected chi connectivity index (χ3v) is 3.38. The lowest BCUT2D eigenvalue weighted by molar-refractivity contribution is -0.133. The molecule has 1 heterocycles. The molecule has 5 nitrogen and oxygen atoms in total. The predicted molar refractivity (Wildman–Crippen MR) is 77.1 cm³/mol. The second-order valence-electron chi connectivity index (χ2n) is 4.09. The minimum absolute atomic E-state index is 0.0501. The van der Waals surface area contributed by atoms with E-state index in [9.17, 15) is 4.79 Å². The molecule has 0 radical (unpaired) electrons. The molecule has 0 fully saturated rings. The number of aromatic nitrogens is 2. The van der Waals surface area contributed by atoms with Gasteiger partial charge in [-0.2, -0.15) is 0 Å². The summed E-state index contributed by atoms with van der Waals surface area (Å²) in [4.78, 5) is 19.2. The highest BCUT2D eigenvalue weighted by molar-refractivity contribution is 7.99. The molecule has 2 rings (SSSR count). The Labute approximate surface area is 121 Å². The number of carboxylic acids is 1. The summed E-state index contributed by atoms with van der Waals surface area (Å²) in [5, 5.41) is 9.17. The van der Waals surface area contributed by atoms with E-state index in [1.54, 1.807) is 7.11 Å². The van der Waals surface area contributed by atoms with E-state index in [-0.39, 0.29) is 5.75 Å². The van der Waals surface area contributed by atoms with Crippen LogP contribution in [0.5, 0.6) is 5.75 Å². The number of carbonyl (C=O) groups is 1. The van der Waals surface area contributed by atoms with Crippen molar-refractivity contribution in [1.29, 1.82) is 0 Å². The minimum atomic E-state index is -0.883. The molecule has 0 amide bonds. The zero-order valence-electron chi connectivity index (χ0n) is 11.2. The molecule has 2 aromatic rings. The second kappa shape index (κ2) is 6.38. The number of hydrogen-bond donors (Lipinski definition) is 1. The van der Waals surface area contributed by atoms with Crippen molar-refractivity contribution >= 4 is 17.7 Å². The van der Waals surface area contributed by atoms with Crippen molar-refractivity contribution in [3.05, 3.63) is 36.0 Å². The Bertz CT molecular complexity index is 614. The van der Waals surface area contributed by atoms with Crippen LogP contribution in [0.25, 0.3) is 11.3 Å². The van der Waals surface area contributed by atoms with Gasteiger partial charge >= 0.3 is 5.97 Å². The highest BCUT2D eigenvalue weighted by atomic mass is 32.2. The number of aryl methyl sites for hydroxylation is 1. The Kier molecular flexibility index (Phi) is 4.57. The molecule has 0 aliphatic carbocycles. The monoisotopic (exact) mass is 290 g/mol. The lowest BCUT2D eigenvalue weighted by Gasteiger charge is -2.06. The molecule has 0 atom stereocenters. The van der Waals surface area contributed by atoms with E-state index in [2.05, 4.69) is 9.97 Å². The Hall–Kier alpha value is -2.08. The first-order valence-corrected chi connectivity index (χ1v) is 6.92. The number of rotatable bonds is 5. The molecule has 0 aliphatic heterocycles. The fraction of sp³-hybridized carbons (Fsp3) is 0.214. The molecule has 0 unspecified atom stereocenters. The van der Waals surface area contributed by atoms with Gasteiger partial charge < -0.3 is 9.84 Å². The Morgan fingerprint density at radius 3 is 2.60 bits per heavy atom. The van der Waals surface area contributed by atoms with Crippen LogP contribution in [-0.4, -0.2) is 33.9 Å². The Balaban J connectivity index is 2.28. The van der Waals surface area contributed by atoms with Gasteiger partial charge in [-0.25, -0.2) is 9.97 Å². The van der Waals surface area contributed by atoms with Crippen LogP contribution in [0, 0.1) is 6.92 Å². The number of carboxylic acid groups (broad SMARTS) is 1. The van der Waals surface area contributed by atoms with Gasteiger partial charge in [0.15, 0.2) is 5.16 Å². The molecule has 1 aromatic carbocycles. The lowest BCUT2D eigenvalue weighted by Crippen LogP contribution is -2.00. The number of methoxy groups -OCH3 is 1. The van der Waals surface area contributed by atoms with E-state index in [1.807, 2.05) is 37.3 Å². The largest absolute Gasteiger partial charge is 0.497 e. The topological polar surface area (TPSA) is 72.3 Å². The molecule has 20 heavy (non-hydrogen) atoms. The summed E-state index contributed by atoms with van der Waals surface area (Å²) in [6, 6.07) is 9.40. The van der Waals surface area contributed by atoms with Crippen molar-refractivity contribution in [3.63, 3.8) is 0 Å². The average Bonchev–Trinajstić information content (AvgIpc) is 2.44. The normalized spacial score (nSPS) is 10.3. The van der Waals surface area contributed by atoms with Crippen LogP contribution in [-0.2, 0) is 4.79 Å². The average molecular weight is 290 g/mol. The molecule has 104 valence electrons. The fourth-order valence-electron chi connectivity index (χ4n) is 1.64. The van der Waals surface area contributed by atoms with Crippen LogP contribution in [0.4, 0.5) is 0 Å². The van der Waals surface area contributed by atoms with Crippen LogP contribution < -0.4 is 4.74 Å². The highest BCUT2D eigenvalue weighted by Crippen LogP contribution is 2.23. The first-order chi connectivity index (χ1) is 9.58. The van der Waals surface area contributed by atoms with Gasteiger partial charge in [0, 0.05) is 11.3 Å². The van der Waals surface area contributed by atoms with Crippen molar-refractivity contribution in [2.24, 2.45) is 0 Å². The molecule has 6 heteroatoms. The number of benzene rings is 1. The smallest absolute Gasteiger partial charge is 0.313 e. The second-order valence-corrected chi connectivity index (χ2v) is 5.03. The summed E-state index contributed by atoms with van der Waals surface area (Å²) in [5.74, 6) is -0.156. The van der Waals surface area contributed by atoms with Gasteiger partial charge in [0.05, 0.1) is 18.6 Å². The standard InChI is InChI=1S/C14H14N2O3S/c1-9-7-12(10-3-5-11(19-2)6-4-10)16-14(15-9)20-8-13(17)18/h3-7H,8H2,1-2H3,(H,17,18). The summed E-state index contributed by atoms with van der Waals surface area (Å²) >= 11 is 1.11. The lowest BCUT2D eigenvalue weighted by atomic mass is 10.1. The van der Waals surface area contributed by atoms with E-state index in [1.165, 1.54) is 0 Å². The van der Waals surface area contributed by atoms with Gasteiger partial charge in [-0.3, -0.25) is 4.79 Å². The SMILES string of the molecule is COc1ccc(-c2cc(C)nc(SCC(=O)O)n2)cc1. The van der Waals surface area contributed by atoms with Crippen molar-refractivity contribution in [1.82, 2.24) is 9.97 Å². The molecule has 0 aliphatic rings. The number of thioether (sulfide) groups is 1. The maximum Gasteiger partial charge on any atom is 0.313 e. The van der Waals surface area contributed by atoms with Crippen LogP contribution in [0.3, 0.4) is 0 Å². The number of nitrogens with zero attached hydrogens (tertiary/aromatic N) is 2. The summed E-state index contributed by atoms with van der Waals surface area (Å²) < 4.78 is 5.12. The van der Waals surface area contributed by atoms with Crippen LogP contribution in [0.2, 0.25) is 0 Å². The molecule has 0 bridgehead atoms. The van der Waals surface area contributed by atoms with Gasteiger partial charge in [0.2, 0.25) is 0 Å². The van der Waals surface area contributed by atoms with Gasteiger partial charge in [0.1, 0.15) is 5.75 Å². The summed E-state index contributed by atoms with van der Waals surface area (Å²) in [6.07, 6.45) is 0. The zero-order valence-corrected chi connectivity index (χ0v) is 12.0. The van der Waals surface area contributed by atoms with Gasteiger partial charge in [0.25, 0.3) is 0 Å². The van der Waals surface area contributed by atoms with E-state index >= 15 is 0 Å². The highest BCUT2D eigenvalue weighted by Gasteiger charge is 2.07. The van der Waals surface area contributed by atoms with E-state index in [4.69, 9.17) is 9.84 Å². The first kappa shape index (κ1) is 14.3. The number of aliphatic carboxylic acids is 1. The zero-order chi connectivity index (χ0) is 14.5. The maximum absolute atomic E-state index is 10.6. The molecular weight excluding hydrogens is 276 g/mol. The molecular formula is C14H14N2O3S. The molecule has 0 saturated carbocycles. The third-order valence-electron chi connectivity index (χ3n) is 2.54. The van der Waals surface area contributed by atoms with Crippen molar-refractivity contribution in [2.45, 2.75) is 12.1 Å². The van der Waals surface area contributed by atoms with E-state index in [0.717, 1.165) is 34.5 Å². The van der Waals surface area contributed by atoms with Crippen LogP contribution in [0.15, 0.2) is 35.5 Å². The number of hydrogen-bond acceptors (Lipinski definition) is 5. The van der Waals surface area contributed by atoms with Crippen LogP contribution >= 0.6 is 11.8 Å². The van der Waals surface area contributed by atoms with Gasteiger partial charge in [-0.1, -0.05) is 11.8 Å². The van der Waals surface area contributed by atoms with Gasteiger partial charge in [-0.15, -0.1) is 0 Å². The third kappa shape index (κ3) is 3.71. The summed E-state index contributed by atoms with van der Waals surface area (Å²) in [5.41, 5.74) is 2.51. The first-order valence-electron chi connectivity index (χ1n) is 5.93. The fourth-order valence-corrected chi connectivity index (χ4v) is 2.27. The minimum Gasteiger partial charge on any atom is -0.497 e. The Morgan fingerprint density at radius 1 is 1.30 bits per heavy atom. The molecule has 1 N–H and O–H groups in total. The molecule has 0 saturated heterocycles. The van der Waals surface area contributed by atoms with Crippen molar-refractivity contribution in [3.8, 4) is 17.0 Å². The molecule has 1 aromatic heterocycles. The van der Waals surface area contributed by atoms with Crippen molar-refractivity contribution < 1.29 is 14.6 Å². The molecule has 0 spiro atoms. The summed E-state index contributed by atoms with van der Waals surface area (Å²) in [6.45, 7) is 1.86. The number of ether oxygens (including phenoxy) is 1. The predicted octanol–water partition coefficient (Wildman–Crippen LogP) is 2.64. The van der Waals surface area contributed by atoms with Crippen LogP contribution in [0.1, 0.15) is 5.69 Å². The maximum atomic E-state index is 10.6. The quantitative estimate of drug-likeness (QED) is 0.674.